The standard InChI is InChI=1S/C24H29O4Si/c1-24(2,3)28-23(26)17-16-22(25)27-18-10-11-19-29(20-12-6-4-7-13-20)21-14-8-5-9-15-21/h4-9,12-17H,10-11,18-19H2,1-3H3/b17-16-. The third-order valence-corrected chi connectivity index (χ3v) is 6.99. The van der Waals surface area contributed by atoms with Gasteiger partial charge in [0.25, 0.3) is 0 Å². The molecule has 0 saturated carbocycles. The molecule has 153 valence electrons. The Morgan fingerprint density at radius 1 is 0.828 bits per heavy atom. The smallest absolute Gasteiger partial charge is 0.331 e. The summed E-state index contributed by atoms with van der Waals surface area (Å²) in [5.41, 5.74) is -0.581. The summed E-state index contributed by atoms with van der Waals surface area (Å²) in [5, 5.41) is 2.78. The lowest BCUT2D eigenvalue weighted by atomic mass is 10.2. The summed E-state index contributed by atoms with van der Waals surface area (Å²) in [5.74, 6) is -1.07. The molecule has 0 fully saturated rings. The summed E-state index contributed by atoms with van der Waals surface area (Å²) < 4.78 is 10.3. The molecule has 0 amide bonds. The van der Waals surface area contributed by atoms with Gasteiger partial charge in [-0.3, -0.25) is 0 Å². The molecule has 2 rings (SSSR count). The van der Waals surface area contributed by atoms with Crippen LogP contribution in [0.25, 0.3) is 0 Å². The molecule has 0 atom stereocenters. The summed E-state index contributed by atoms with van der Waals surface area (Å²) in [4.78, 5) is 23.3. The Kier molecular flexibility index (Phi) is 8.87. The quantitative estimate of drug-likeness (QED) is 0.275. The van der Waals surface area contributed by atoms with Gasteiger partial charge in [0.1, 0.15) is 14.4 Å². The maximum Gasteiger partial charge on any atom is 0.331 e. The first-order valence-electron chi connectivity index (χ1n) is 9.89. The fourth-order valence-electron chi connectivity index (χ4n) is 2.83. The van der Waals surface area contributed by atoms with E-state index >= 15 is 0 Å². The first-order valence-corrected chi connectivity index (χ1v) is 11.6. The van der Waals surface area contributed by atoms with Crippen LogP contribution in [0.15, 0.2) is 72.8 Å². The highest BCUT2D eigenvalue weighted by molar-refractivity contribution is 6.85. The summed E-state index contributed by atoms with van der Waals surface area (Å²) in [6, 6.07) is 22.3. The Morgan fingerprint density at radius 3 is 1.86 bits per heavy atom. The second-order valence-corrected chi connectivity index (χ2v) is 10.3. The lowest BCUT2D eigenvalue weighted by Crippen LogP contribution is -2.41. The lowest BCUT2D eigenvalue weighted by molar-refractivity contribution is -0.149. The lowest BCUT2D eigenvalue weighted by Gasteiger charge is -2.17. The van der Waals surface area contributed by atoms with E-state index in [1.807, 2.05) is 12.1 Å². The number of unbranched alkanes of at least 4 members (excludes halogenated alkanes) is 1. The van der Waals surface area contributed by atoms with E-state index in [1.54, 1.807) is 20.8 Å². The van der Waals surface area contributed by atoms with Gasteiger partial charge < -0.3 is 9.47 Å². The van der Waals surface area contributed by atoms with E-state index in [1.165, 1.54) is 10.4 Å². The van der Waals surface area contributed by atoms with Gasteiger partial charge in [-0.1, -0.05) is 83.5 Å². The zero-order valence-corrected chi connectivity index (χ0v) is 18.4. The second kappa shape index (κ2) is 11.4. The van der Waals surface area contributed by atoms with Crippen molar-refractivity contribution < 1.29 is 19.1 Å². The topological polar surface area (TPSA) is 52.6 Å². The molecule has 29 heavy (non-hydrogen) atoms. The number of benzene rings is 2. The van der Waals surface area contributed by atoms with E-state index in [9.17, 15) is 9.59 Å². The van der Waals surface area contributed by atoms with Gasteiger partial charge in [-0.15, -0.1) is 0 Å². The van der Waals surface area contributed by atoms with E-state index in [2.05, 4.69) is 48.5 Å². The third kappa shape index (κ3) is 8.92. The molecule has 2 aromatic rings. The fourth-order valence-corrected chi connectivity index (χ4v) is 5.53. The molecule has 5 heteroatoms. The molecule has 0 saturated heterocycles. The summed E-state index contributed by atoms with van der Waals surface area (Å²) >= 11 is 0. The van der Waals surface area contributed by atoms with E-state index in [4.69, 9.17) is 9.47 Å². The molecule has 2 aromatic carbocycles. The summed E-state index contributed by atoms with van der Waals surface area (Å²) in [6.07, 6.45) is 4.00. The van der Waals surface area contributed by atoms with Crippen LogP contribution in [0.1, 0.15) is 33.6 Å². The molecule has 0 N–H and O–H groups in total. The highest BCUT2D eigenvalue weighted by Crippen LogP contribution is 2.07. The minimum atomic E-state index is -0.854. The average Bonchev–Trinajstić information content (AvgIpc) is 2.69. The molecule has 0 aromatic heterocycles. The molecule has 0 aliphatic heterocycles. The van der Waals surface area contributed by atoms with Crippen LogP contribution in [0.2, 0.25) is 6.04 Å². The highest BCUT2D eigenvalue weighted by Gasteiger charge is 2.16. The van der Waals surface area contributed by atoms with Crippen LogP contribution in [0, 0.1) is 0 Å². The van der Waals surface area contributed by atoms with Gasteiger partial charge in [-0.25, -0.2) is 9.59 Å². The fraction of sp³-hybridized carbons (Fsp3) is 0.333. The number of carbonyl (C=O) groups is 2. The maximum absolute atomic E-state index is 11.7. The van der Waals surface area contributed by atoms with Crippen molar-refractivity contribution in [2.45, 2.75) is 45.3 Å². The molecular formula is C24H29O4Si. The average molecular weight is 410 g/mol. The Bertz CT molecular complexity index is 755. The molecule has 0 bridgehead atoms. The van der Waals surface area contributed by atoms with E-state index in [0.29, 0.717) is 6.61 Å². The minimum absolute atomic E-state index is 0.343. The predicted octanol–water partition coefficient (Wildman–Crippen LogP) is 3.52. The monoisotopic (exact) mass is 409 g/mol. The zero-order valence-electron chi connectivity index (χ0n) is 17.4. The highest BCUT2D eigenvalue weighted by atomic mass is 28.3. The number of rotatable bonds is 9. The third-order valence-electron chi connectivity index (χ3n) is 4.07. The largest absolute Gasteiger partial charge is 0.463 e. The van der Waals surface area contributed by atoms with Crippen molar-refractivity contribution in [3.63, 3.8) is 0 Å². The van der Waals surface area contributed by atoms with Crippen molar-refractivity contribution in [3.05, 3.63) is 72.8 Å². The minimum Gasteiger partial charge on any atom is -0.463 e. The molecule has 1 radical (unpaired) electrons. The number of carbonyl (C=O) groups excluding carboxylic acids is 2. The van der Waals surface area contributed by atoms with Gasteiger partial charge in [0, 0.05) is 12.2 Å². The predicted molar refractivity (Wildman–Crippen MR) is 118 cm³/mol. The van der Waals surface area contributed by atoms with Crippen LogP contribution < -0.4 is 10.4 Å². The van der Waals surface area contributed by atoms with Gasteiger partial charge in [0.05, 0.1) is 6.61 Å². The van der Waals surface area contributed by atoms with Crippen molar-refractivity contribution in [1.82, 2.24) is 0 Å². The molecule has 0 unspecified atom stereocenters. The van der Waals surface area contributed by atoms with E-state index in [-0.39, 0.29) is 0 Å². The van der Waals surface area contributed by atoms with E-state index in [0.717, 1.165) is 31.0 Å². The van der Waals surface area contributed by atoms with Gasteiger partial charge in [0.2, 0.25) is 0 Å². The van der Waals surface area contributed by atoms with Gasteiger partial charge >= 0.3 is 11.9 Å². The number of esters is 2. The molecule has 0 aliphatic rings. The Labute approximate surface area is 175 Å². The zero-order chi connectivity index (χ0) is 21.1. The van der Waals surface area contributed by atoms with Crippen LogP contribution in [0.4, 0.5) is 0 Å². The number of ether oxygens (including phenoxy) is 2. The molecule has 0 aliphatic carbocycles. The SMILES string of the molecule is CC(C)(C)OC(=O)/C=C\C(=O)OCCCC[Si](c1ccccc1)c1ccccc1. The Morgan fingerprint density at radius 2 is 1.34 bits per heavy atom. The van der Waals surface area contributed by atoms with Crippen molar-refractivity contribution in [2.24, 2.45) is 0 Å². The van der Waals surface area contributed by atoms with Crippen molar-refractivity contribution in [3.8, 4) is 0 Å². The van der Waals surface area contributed by atoms with Gasteiger partial charge in [0.15, 0.2) is 0 Å². The molecule has 4 nitrogen and oxygen atoms in total. The molecule has 0 spiro atoms. The molecule has 0 heterocycles. The van der Waals surface area contributed by atoms with Crippen molar-refractivity contribution >= 4 is 31.1 Å². The van der Waals surface area contributed by atoms with Gasteiger partial charge in [-0.05, 0) is 27.2 Å². The maximum atomic E-state index is 11.7. The first-order chi connectivity index (χ1) is 13.8. The van der Waals surface area contributed by atoms with E-state index < -0.39 is 26.3 Å². The first kappa shape index (κ1) is 22.6. The van der Waals surface area contributed by atoms with Crippen molar-refractivity contribution in [2.75, 3.05) is 6.61 Å². The number of hydrogen-bond acceptors (Lipinski definition) is 4. The Balaban J connectivity index is 1.78. The van der Waals surface area contributed by atoms with Crippen LogP contribution >= 0.6 is 0 Å². The summed E-state index contributed by atoms with van der Waals surface area (Å²) in [6.45, 7) is 5.67. The molecular weight excluding hydrogens is 380 g/mol. The van der Waals surface area contributed by atoms with Crippen LogP contribution in [-0.2, 0) is 19.1 Å². The summed E-state index contributed by atoms with van der Waals surface area (Å²) in [7, 11) is -0.854. The van der Waals surface area contributed by atoms with Crippen LogP contribution in [-0.4, -0.2) is 32.9 Å². The normalized spacial score (nSPS) is 11.6. The van der Waals surface area contributed by atoms with Crippen LogP contribution in [0.3, 0.4) is 0 Å². The Hall–Kier alpha value is -2.66. The second-order valence-electron chi connectivity index (χ2n) is 7.70. The number of hydrogen-bond donors (Lipinski definition) is 0. The van der Waals surface area contributed by atoms with Gasteiger partial charge in [-0.2, -0.15) is 0 Å². The van der Waals surface area contributed by atoms with Crippen LogP contribution in [0.5, 0.6) is 0 Å². The van der Waals surface area contributed by atoms with Crippen molar-refractivity contribution in [1.29, 1.82) is 0 Å².